The molecule has 0 unspecified atom stereocenters. The highest BCUT2D eigenvalue weighted by Crippen LogP contribution is 2.18. The van der Waals surface area contributed by atoms with Gasteiger partial charge < -0.3 is 10.2 Å². The van der Waals surface area contributed by atoms with E-state index in [1.54, 1.807) is 11.8 Å². The molecular formula is C19H24N2OS. The molecule has 3 nitrogen and oxygen atoms in total. The molecule has 0 heterocycles. The normalized spacial score (nSPS) is 10.4. The fourth-order valence-corrected chi connectivity index (χ4v) is 2.99. The van der Waals surface area contributed by atoms with Crippen LogP contribution < -0.4 is 10.2 Å². The molecule has 23 heavy (non-hydrogen) atoms. The molecule has 0 saturated heterocycles. The van der Waals surface area contributed by atoms with E-state index in [4.69, 9.17) is 0 Å². The number of hydrogen-bond acceptors (Lipinski definition) is 3. The minimum absolute atomic E-state index is 0.0729. The van der Waals surface area contributed by atoms with Crippen LogP contribution in [-0.4, -0.2) is 25.3 Å². The minimum atomic E-state index is -0.0729. The van der Waals surface area contributed by atoms with E-state index in [9.17, 15) is 4.79 Å². The molecule has 2 aromatic carbocycles. The monoisotopic (exact) mass is 328 g/mol. The van der Waals surface area contributed by atoms with Crippen LogP contribution in [0.15, 0.2) is 48.5 Å². The Morgan fingerprint density at radius 3 is 2.13 bits per heavy atom. The van der Waals surface area contributed by atoms with Crippen molar-refractivity contribution in [3.05, 3.63) is 59.7 Å². The van der Waals surface area contributed by atoms with Crippen LogP contribution in [0.25, 0.3) is 0 Å². The largest absolute Gasteiger partial charge is 0.372 e. The summed E-state index contributed by atoms with van der Waals surface area (Å²) in [6.07, 6.45) is 2.07. The highest BCUT2D eigenvalue weighted by atomic mass is 32.2. The first-order chi connectivity index (χ1) is 11.2. The molecule has 4 heteroatoms. The summed E-state index contributed by atoms with van der Waals surface area (Å²) in [6, 6.07) is 15.8. The maximum absolute atomic E-state index is 12.3. The van der Waals surface area contributed by atoms with Crippen molar-refractivity contribution in [1.29, 1.82) is 0 Å². The lowest BCUT2D eigenvalue weighted by Crippen LogP contribution is -2.21. The van der Waals surface area contributed by atoms with Crippen molar-refractivity contribution in [3.8, 4) is 0 Å². The average molecular weight is 328 g/mol. The topological polar surface area (TPSA) is 32.3 Å². The van der Waals surface area contributed by atoms with Crippen molar-refractivity contribution in [1.82, 2.24) is 0 Å². The molecule has 0 aliphatic carbocycles. The van der Waals surface area contributed by atoms with E-state index in [0.29, 0.717) is 5.56 Å². The van der Waals surface area contributed by atoms with Gasteiger partial charge in [-0.25, -0.2) is 0 Å². The maximum atomic E-state index is 12.3. The van der Waals surface area contributed by atoms with Gasteiger partial charge in [0.15, 0.2) is 0 Å². The lowest BCUT2D eigenvalue weighted by atomic mass is 10.1. The van der Waals surface area contributed by atoms with Gasteiger partial charge in [-0.3, -0.25) is 4.79 Å². The Labute approximate surface area is 143 Å². The minimum Gasteiger partial charge on any atom is -0.372 e. The van der Waals surface area contributed by atoms with Crippen LogP contribution in [-0.2, 0) is 5.75 Å². The summed E-state index contributed by atoms with van der Waals surface area (Å²) in [5.41, 5.74) is 3.91. The van der Waals surface area contributed by atoms with Crippen LogP contribution in [0, 0.1) is 0 Å². The molecule has 2 aromatic rings. The molecule has 0 aliphatic heterocycles. The van der Waals surface area contributed by atoms with Crippen molar-refractivity contribution >= 4 is 29.0 Å². The maximum Gasteiger partial charge on any atom is 0.255 e. The van der Waals surface area contributed by atoms with E-state index >= 15 is 0 Å². The lowest BCUT2D eigenvalue weighted by Gasteiger charge is -2.21. The molecule has 0 spiro atoms. The molecule has 0 atom stereocenters. The molecule has 0 aromatic heterocycles. The van der Waals surface area contributed by atoms with Crippen LogP contribution in [0.3, 0.4) is 0 Å². The molecule has 1 N–H and O–H groups in total. The number of rotatable bonds is 7. The predicted octanol–water partition coefficient (Wildman–Crippen LogP) is 4.65. The Morgan fingerprint density at radius 2 is 1.61 bits per heavy atom. The van der Waals surface area contributed by atoms with Crippen LogP contribution >= 0.6 is 11.8 Å². The van der Waals surface area contributed by atoms with E-state index in [2.05, 4.69) is 30.3 Å². The number of thioether (sulfide) groups is 1. The van der Waals surface area contributed by atoms with Crippen molar-refractivity contribution in [2.24, 2.45) is 0 Å². The molecule has 0 aliphatic rings. The van der Waals surface area contributed by atoms with Crippen molar-refractivity contribution in [2.45, 2.75) is 19.6 Å². The number of amides is 1. The van der Waals surface area contributed by atoms with Gasteiger partial charge in [-0.2, -0.15) is 11.8 Å². The number of nitrogens with one attached hydrogen (secondary N) is 1. The third kappa shape index (κ3) is 4.76. The summed E-state index contributed by atoms with van der Waals surface area (Å²) in [6.45, 7) is 6.23. The molecular weight excluding hydrogens is 304 g/mol. The SMILES string of the molecule is CCN(CC)c1ccc(NC(=O)c2ccc(CSC)cc2)cc1. The fourth-order valence-electron chi connectivity index (χ4n) is 2.47. The van der Waals surface area contributed by atoms with Gasteiger partial charge in [-0.1, -0.05) is 12.1 Å². The van der Waals surface area contributed by atoms with Gasteiger partial charge in [0, 0.05) is 35.8 Å². The summed E-state index contributed by atoms with van der Waals surface area (Å²) in [7, 11) is 0. The molecule has 0 saturated carbocycles. The first-order valence-corrected chi connectivity index (χ1v) is 9.31. The standard InChI is InChI=1S/C19H24N2OS/c1-4-21(5-2)18-12-10-17(11-13-18)20-19(22)16-8-6-15(7-9-16)14-23-3/h6-13H,4-5,14H2,1-3H3,(H,20,22). The van der Waals surface area contributed by atoms with Crippen LogP contribution in [0.2, 0.25) is 0 Å². The number of carbonyl (C=O) groups is 1. The smallest absolute Gasteiger partial charge is 0.255 e. The number of hydrogen-bond donors (Lipinski definition) is 1. The van der Waals surface area contributed by atoms with Gasteiger partial charge in [-0.15, -0.1) is 0 Å². The van der Waals surface area contributed by atoms with Gasteiger partial charge in [0.05, 0.1) is 0 Å². The fraction of sp³-hybridized carbons (Fsp3) is 0.316. The zero-order valence-corrected chi connectivity index (χ0v) is 14.8. The van der Waals surface area contributed by atoms with Gasteiger partial charge in [0.25, 0.3) is 5.91 Å². The Morgan fingerprint density at radius 1 is 1.00 bits per heavy atom. The second-order valence-electron chi connectivity index (χ2n) is 5.30. The number of anilines is 2. The Hall–Kier alpha value is -1.94. The molecule has 0 bridgehead atoms. The third-order valence-corrected chi connectivity index (χ3v) is 4.40. The van der Waals surface area contributed by atoms with E-state index < -0.39 is 0 Å². The van der Waals surface area contributed by atoms with Gasteiger partial charge >= 0.3 is 0 Å². The van der Waals surface area contributed by atoms with Crippen LogP contribution in [0.5, 0.6) is 0 Å². The first-order valence-electron chi connectivity index (χ1n) is 7.92. The number of carbonyl (C=O) groups excluding carboxylic acids is 1. The van der Waals surface area contributed by atoms with Gasteiger partial charge in [0.1, 0.15) is 0 Å². The molecule has 0 fully saturated rings. The highest BCUT2D eigenvalue weighted by Gasteiger charge is 2.07. The van der Waals surface area contributed by atoms with E-state index in [1.165, 1.54) is 11.3 Å². The van der Waals surface area contributed by atoms with Crippen molar-refractivity contribution < 1.29 is 4.79 Å². The Kier molecular flexibility index (Phi) is 6.53. The van der Waals surface area contributed by atoms with Crippen LogP contribution in [0.4, 0.5) is 11.4 Å². The van der Waals surface area contributed by atoms with Gasteiger partial charge in [0.2, 0.25) is 0 Å². The van der Waals surface area contributed by atoms with Gasteiger partial charge in [-0.05, 0) is 62.1 Å². The zero-order valence-electron chi connectivity index (χ0n) is 14.0. The number of nitrogens with zero attached hydrogens (tertiary/aromatic N) is 1. The zero-order chi connectivity index (χ0) is 16.7. The number of benzene rings is 2. The quantitative estimate of drug-likeness (QED) is 0.803. The second kappa shape index (κ2) is 8.63. The highest BCUT2D eigenvalue weighted by molar-refractivity contribution is 7.97. The van der Waals surface area contributed by atoms with E-state index in [-0.39, 0.29) is 5.91 Å². The molecule has 1 amide bonds. The average Bonchev–Trinajstić information content (AvgIpc) is 2.58. The van der Waals surface area contributed by atoms with E-state index in [1.807, 2.05) is 48.5 Å². The van der Waals surface area contributed by atoms with Crippen molar-refractivity contribution in [2.75, 3.05) is 29.6 Å². The predicted molar refractivity (Wildman–Crippen MR) is 102 cm³/mol. The summed E-state index contributed by atoms with van der Waals surface area (Å²) >= 11 is 1.77. The first kappa shape index (κ1) is 17.4. The summed E-state index contributed by atoms with van der Waals surface area (Å²) in [5, 5.41) is 2.95. The summed E-state index contributed by atoms with van der Waals surface area (Å²) in [4.78, 5) is 14.6. The third-order valence-electron chi connectivity index (χ3n) is 3.78. The second-order valence-corrected chi connectivity index (χ2v) is 6.17. The lowest BCUT2D eigenvalue weighted by molar-refractivity contribution is 0.102. The van der Waals surface area contributed by atoms with Crippen molar-refractivity contribution in [3.63, 3.8) is 0 Å². The summed E-state index contributed by atoms with van der Waals surface area (Å²) < 4.78 is 0. The Balaban J connectivity index is 2.02. The Bertz CT molecular complexity index is 619. The summed E-state index contributed by atoms with van der Waals surface area (Å²) in [5.74, 6) is 0.894. The van der Waals surface area contributed by atoms with Crippen LogP contribution in [0.1, 0.15) is 29.8 Å². The van der Waals surface area contributed by atoms with E-state index in [0.717, 1.165) is 24.5 Å². The molecule has 122 valence electrons. The molecule has 0 radical (unpaired) electrons. The molecule has 2 rings (SSSR count).